The molecule has 0 saturated heterocycles. The van der Waals surface area contributed by atoms with Crippen molar-refractivity contribution in [2.45, 2.75) is 32.7 Å². The lowest BCUT2D eigenvalue weighted by molar-refractivity contribution is 0.0695. The molecule has 0 fully saturated rings. The van der Waals surface area contributed by atoms with Crippen LogP contribution >= 0.6 is 11.6 Å². The molecule has 106 valence electrons. The van der Waals surface area contributed by atoms with Crippen molar-refractivity contribution in [2.24, 2.45) is 0 Å². The van der Waals surface area contributed by atoms with Gasteiger partial charge in [0.05, 0.1) is 10.5 Å². The molecule has 0 saturated carbocycles. The average Bonchev–Trinajstić information content (AvgIpc) is 2.41. The minimum absolute atomic E-state index is 0.212. The van der Waals surface area contributed by atoms with Crippen molar-refractivity contribution >= 4 is 28.5 Å². The van der Waals surface area contributed by atoms with E-state index in [9.17, 15) is 9.59 Å². The molecule has 4 nitrogen and oxygen atoms in total. The van der Waals surface area contributed by atoms with Gasteiger partial charge in [-0.2, -0.15) is 0 Å². The summed E-state index contributed by atoms with van der Waals surface area (Å²) < 4.78 is 1.78. The highest BCUT2D eigenvalue weighted by molar-refractivity contribution is 6.35. The second-order valence-electron chi connectivity index (χ2n) is 4.71. The van der Waals surface area contributed by atoms with E-state index in [4.69, 9.17) is 16.7 Å². The molecule has 1 aromatic carbocycles. The Morgan fingerprint density at radius 3 is 2.75 bits per heavy atom. The zero-order valence-electron chi connectivity index (χ0n) is 11.2. The van der Waals surface area contributed by atoms with Crippen LogP contribution in [0.1, 0.15) is 36.5 Å². The van der Waals surface area contributed by atoms with Gasteiger partial charge in [0.2, 0.25) is 5.43 Å². The Hall–Kier alpha value is -1.81. The molecule has 0 amide bonds. The Morgan fingerprint density at radius 2 is 2.10 bits per heavy atom. The Balaban J connectivity index is 2.67. The van der Waals surface area contributed by atoms with E-state index >= 15 is 0 Å². The first-order valence-corrected chi connectivity index (χ1v) is 6.99. The van der Waals surface area contributed by atoms with Crippen LogP contribution in [0.15, 0.2) is 29.2 Å². The van der Waals surface area contributed by atoms with E-state index in [1.54, 1.807) is 22.8 Å². The number of carboxylic acid groups (broad SMARTS) is 1. The number of fused-ring (bicyclic) bond motifs is 1. The van der Waals surface area contributed by atoms with E-state index < -0.39 is 11.4 Å². The van der Waals surface area contributed by atoms with Gasteiger partial charge in [0.15, 0.2) is 0 Å². The van der Waals surface area contributed by atoms with Crippen molar-refractivity contribution in [3.05, 3.63) is 45.2 Å². The number of nitrogens with zero attached hydrogens (tertiary/aromatic N) is 1. The number of pyridine rings is 1. The number of unbranched alkanes of at least 4 members (excludes halogenated alkanes) is 2. The third-order valence-corrected chi connectivity index (χ3v) is 3.59. The minimum Gasteiger partial charge on any atom is -0.477 e. The standard InChI is InChI=1S/C15H16ClNO3/c1-2-3-4-8-17-9-11(15(19)20)14(18)10-6-5-7-12(16)13(10)17/h5-7,9H,2-4,8H2,1H3,(H,19,20). The molecule has 2 aromatic rings. The first-order chi connectivity index (χ1) is 9.56. The van der Waals surface area contributed by atoms with Crippen molar-refractivity contribution in [1.29, 1.82) is 0 Å². The molecule has 0 aliphatic rings. The number of carbonyl (C=O) groups is 1. The Labute approximate surface area is 121 Å². The lowest BCUT2D eigenvalue weighted by Gasteiger charge is -2.13. The number of benzene rings is 1. The second kappa shape index (κ2) is 6.09. The maximum absolute atomic E-state index is 12.2. The van der Waals surface area contributed by atoms with E-state index in [-0.39, 0.29) is 5.56 Å². The Bertz CT molecular complexity index is 706. The van der Waals surface area contributed by atoms with Crippen LogP contribution in [0.5, 0.6) is 0 Å². The van der Waals surface area contributed by atoms with Crippen LogP contribution in [-0.2, 0) is 6.54 Å². The van der Waals surface area contributed by atoms with Crippen LogP contribution in [0.4, 0.5) is 0 Å². The molecular weight excluding hydrogens is 278 g/mol. The van der Waals surface area contributed by atoms with Crippen molar-refractivity contribution in [3.63, 3.8) is 0 Å². The summed E-state index contributed by atoms with van der Waals surface area (Å²) >= 11 is 6.17. The number of para-hydroxylation sites is 1. The zero-order chi connectivity index (χ0) is 14.7. The van der Waals surface area contributed by atoms with Gasteiger partial charge in [-0.1, -0.05) is 37.4 Å². The third-order valence-electron chi connectivity index (χ3n) is 3.28. The van der Waals surface area contributed by atoms with Gasteiger partial charge in [0, 0.05) is 18.1 Å². The molecular formula is C15H16ClNO3. The van der Waals surface area contributed by atoms with Gasteiger partial charge in [-0.15, -0.1) is 0 Å². The number of aromatic carboxylic acids is 1. The van der Waals surface area contributed by atoms with Crippen LogP contribution in [0.3, 0.4) is 0 Å². The molecule has 20 heavy (non-hydrogen) atoms. The molecule has 1 aromatic heterocycles. The van der Waals surface area contributed by atoms with Gasteiger partial charge < -0.3 is 9.67 Å². The van der Waals surface area contributed by atoms with E-state index in [1.807, 2.05) is 0 Å². The van der Waals surface area contributed by atoms with Gasteiger partial charge in [-0.25, -0.2) is 4.79 Å². The SMILES string of the molecule is CCCCCn1cc(C(=O)O)c(=O)c2cccc(Cl)c21. The topological polar surface area (TPSA) is 59.3 Å². The molecule has 0 aliphatic heterocycles. The quantitative estimate of drug-likeness (QED) is 0.858. The first kappa shape index (κ1) is 14.6. The monoisotopic (exact) mass is 293 g/mol. The van der Waals surface area contributed by atoms with E-state index in [2.05, 4.69) is 6.92 Å². The number of aromatic nitrogens is 1. The maximum atomic E-state index is 12.2. The van der Waals surface area contributed by atoms with Crippen LogP contribution < -0.4 is 5.43 Å². The smallest absolute Gasteiger partial charge is 0.341 e. The summed E-state index contributed by atoms with van der Waals surface area (Å²) in [5.41, 5.74) is -0.0849. The summed E-state index contributed by atoms with van der Waals surface area (Å²) in [6, 6.07) is 4.99. The summed E-state index contributed by atoms with van der Waals surface area (Å²) in [6.07, 6.45) is 4.42. The average molecular weight is 294 g/mol. The van der Waals surface area contributed by atoms with Gasteiger partial charge in [-0.3, -0.25) is 4.79 Å². The molecule has 2 rings (SSSR count). The fraction of sp³-hybridized carbons (Fsp3) is 0.333. The van der Waals surface area contributed by atoms with Gasteiger partial charge in [0.1, 0.15) is 5.56 Å². The zero-order valence-corrected chi connectivity index (χ0v) is 12.0. The van der Waals surface area contributed by atoms with E-state index in [0.717, 1.165) is 19.3 Å². The fourth-order valence-electron chi connectivity index (χ4n) is 2.28. The number of halogens is 1. The summed E-state index contributed by atoms with van der Waals surface area (Å²) in [4.78, 5) is 23.3. The minimum atomic E-state index is -1.21. The second-order valence-corrected chi connectivity index (χ2v) is 5.12. The van der Waals surface area contributed by atoms with Crippen LogP contribution in [0, 0.1) is 0 Å². The molecule has 1 heterocycles. The predicted molar refractivity (Wildman–Crippen MR) is 79.7 cm³/mol. The summed E-state index contributed by atoms with van der Waals surface area (Å²) in [5, 5.41) is 9.97. The lowest BCUT2D eigenvalue weighted by atomic mass is 10.1. The number of carboxylic acids is 1. The highest BCUT2D eigenvalue weighted by Gasteiger charge is 2.15. The molecule has 0 spiro atoms. The van der Waals surface area contributed by atoms with Crippen molar-refractivity contribution < 1.29 is 9.90 Å². The number of aryl methyl sites for hydroxylation is 1. The molecule has 0 unspecified atom stereocenters. The largest absolute Gasteiger partial charge is 0.477 e. The highest BCUT2D eigenvalue weighted by Crippen LogP contribution is 2.22. The molecule has 5 heteroatoms. The van der Waals surface area contributed by atoms with Gasteiger partial charge in [0.25, 0.3) is 0 Å². The molecule has 0 atom stereocenters. The van der Waals surface area contributed by atoms with Crippen LogP contribution in [0.2, 0.25) is 5.02 Å². The van der Waals surface area contributed by atoms with Crippen LogP contribution in [-0.4, -0.2) is 15.6 Å². The van der Waals surface area contributed by atoms with Gasteiger partial charge >= 0.3 is 5.97 Å². The van der Waals surface area contributed by atoms with E-state index in [0.29, 0.717) is 22.5 Å². The van der Waals surface area contributed by atoms with Crippen molar-refractivity contribution in [3.8, 4) is 0 Å². The molecule has 0 aliphatic carbocycles. The predicted octanol–water partition coefficient (Wildman–Crippen LogP) is 3.54. The molecule has 0 bridgehead atoms. The molecule has 0 radical (unpaired) electrons. The van der Waals surface area contributed by atoms with E-state index in [1.165, 1.54) is 6.20 Å². The van der Waals surface area contributed by atoms with Crippen molar-refractivity contribution in [1.82, 2.24) is 4.57 Å². The van der Waals surface area contributed by atoms with Gasteiger partial charge in [-0.05, 0) is 18.6 Å². The first-order valence-electron chi connectivity index (χ1n) is 6.61. The normalized spacial score (nSPS) is 10.9. The Kier molecular flexibility index (Phi) is 4.45. The van der Waals surface area contributed by atoms with Crippen LogP contribution in [0.25, 0.3) is 10.9 Å². The summed E-state index contributed by atoms with van der Waals surface area (Å²) in [7, 11) is 0. The summed E-state index contributed by atoms with van der Waals surface area (Å²) in [5.74, 6) is -1.21. The number of hydrogen-bond donors (Lipinski definition) is 1. The maximum Gasteiger partial charge on any atom is 0.341 e. The number of rotatable bonds is 5. The van der Waals surface area contributed by atoms with Crippen molar-refractivity contribution in [2.75, 3.05) is 0 Å². The Morgan fingerprint density at radius 1 is 1.35 bits per heavy atom. The third kappa shape index (κ3) is 2.70. The fourth-order valence-corrected chi connectivity index (χ4v) is 2.56. The highest BCUT2D eigenvalue weighted by atomic mass is 35.5. The number of hydrogen-bond acceptors (Lipinski definition) is 2. The lowest BCUT2D eigenvalue weighted by Crippen LogP contribution is -2.19. The summed E-state index contributed by atoms with van der Waals surface area (Å²) in [6.45, 7) is 2.74. The molecule has 1 N–H and O–H groups in total.